The molecule has 0 bridgehead atoms. The molecular weight excluding hydrogens is 302 g/mol. The number of hydrogen-bond donors (Lipinski definition) is 3. The van der Waals surface area contributed by atoms with Crippen LogP contribution in [0.25, 0.3) is 0 Å². The molecule has 0 saturated carbocycles. The minimum absolute atomic E-state index is 0.0187. The van der Waals surface area contributed by atoms with Crippen molar-refractivity contribution in [2.45, 2.75) is 37.5 Å². The van der Waals surface area contributed by atoms with Gasteiger partial charge in [0, 0.05) is 19.5 Å². The maximum absolute atomic E-state index is 11.6. The van der Waals surface area contributed by atoms with Gasteiger partial charge in [-0.3, -0.25) is 4.79 Å². The Morgan fingerprint density at radius 3 is 2.41 bits per heavy atom. The van der Waals surface area contributed by atoms with Gasteiger partial charge in [0.1, 0.15) is 0 Å². The summed E-state index contributed by atoms with van der Waals surface area (Å²) in [7, 11) is -3.65. The lowest BCUT2D eigenvalue weighted by Gasteiger charge is -2.07. The lowest BCUT2D eigenvalue weighted by Crippen LogP contribution is -2.29. The zero-order valence-electron chi connectivity index (χ0n) is 13.0. The third kappa shape index (κ3) is 7.53. The van der Waals surface area contributed by atoms with E-state index in [1.54, 1.807) is 12.1 Å². The number of unbranched alkanes of at least 4 members (excludes halogenated alkanes) is 1. The summed E-state index contributed by atoms with van der Waals surface area (Å²) in [5, 5.41) is 11.1. The van der Waals surface area contributed by atoms with Crippen LogP contribution >= 0.6 is 0 Å². The van der Waals surface area contributed by atoms with Crippen LogP contribution in [-0.2, 0) is 21.2 Å². The third-order valence-electron chi connectivity index (χ3n) is 3.22. The number of rotatable bonds is 10. The fourth-order valence-electron chi connectivity index (χ4n) is 1.91. The molecule has 4 N–H and O–H groups in total. The Bertz CT molecular complexity index is 556. The highest BCUT2D eigenvalue weighted by molar-refractivity contribution is 7.89. The van der Waals surface area contributed by atoms with Gasteiger partial charge in [0.05, 0.1) is 4.90 Å². The van der Waals surface area contributed by atoms with E-state index in [9.17, 15) is 13.2 Å². The van der Waals surface area contributed by atoms with Crippen molar-refractivity contribution >= 4 is 15.9 Å². The molecule has 0 unspecified atom stereocenters. The Kier molecular flexibility index (Phi) is 8.08. The van der Waals surface area contributed by atoms with Crippen LogP contribution in [0.2, 0.25) is 0 Å². The van der Waals surface area contributed by atoms with Crippen LogP contribution in [0.15, 0.2) is 29.2 Å². The molecule has 1 aromatic rings. The first-order valence-corrected chi connectivity index (χ1v) is 9.07. The number of carbonyl (C=O) groups is 1. The highest BCUT2D eigenvalue weighted by atomic mass is 32.2. The predicted molar refractivity (Wildman–Crippen MR) is 86.9 cm³/mol. The smallest absolute Gasteiger partial charge is 0.238 e. The minimum atomic E-state index is -3.65. The summed E-state index contributed by atoms with van der Waals surface area (Å²) < 4.78 is 22.3. The quantitative estimate of drug-likeness (QED) is 0.553. The Morgan fingerprint density at radius 2 is 1.82 bits per heavy atom. The number of nitrogens with one attached hydrogen (secondary N) is 2. The Morgan fingerprint density at radius 1 is 1.14 bits per heavy atom. The Labute approximate surface area is 132 Å². The third-order valence-corrected chi connectivity index (χ3v) is 4.15. The van der Waals surface area contributed by atoms with E-state index in [0.717, 1.165) is 24.9 Å². The van der Waals surface area contributed by atoms with Crippen LogP contribution in [0.3, 0.4) is 0 Å². The zero-order chi connectivity index (χ0) is 16.4. The molecule has 7 heteroatoms. The second-order valence-electron chi connectivity index (χ2n) is 5.14. The molecule has 0 fully saturated rings. The zero-order valence-corrected chi connectivity index (χ0v) is 13.8. The summed E-state index contributed by atoms with van der Waals surface area (Å²) in [5.41, 5.74) is 0.953. The van der Waals surface area contributed by atoms with E-state index >= 15 is 0 Å². The molecule has 0 aromatic heterocycles. The summed E-state index contributed by atoms with van der Waals surface area (Å²) in [4.78, 5) is 11.7. The molecule has 1 rings (SSSR count). The van der Waals surface area contributed by atoms with Crippen molar-refractivity contribution in [2.75, 3.05) is 19.6 Å². The molecule has 0 heterocycles. The van der Waals surface area contributed by atoms with Crippen molar-refractivity contribution in [3.63, 3.8) is 0 Å². The van der Waals surface area contributed by atoms with Crippen LogP contribution in [0.5, 0.6) is 0 Å². The monoisotopic (exact) mass is 327 g/mol. The molecule has 0 aliphatic rings. The van der Waals surface area contributed by atoms with Gasteiger partial charge in [0.25, 0.3) is 0 Å². The van der Waals surface area contributed by atoms with Crippen LogP contribution in [0, 0.1) is 0 Å². The first kappa shape index (κ1) is 18.6. The second kappa shape index (κ2) is 9.55. The SMILES string of the molecule is CCCCNCCC(=O)NCCc1ccc(S(N)(=O)=O)cc1. The summed E-state index contributed by atoms with van der Waals surface area (Å²) in [6, 6.07) is 6.37. The van der Waals surface area contributed by atoms with E-state index in [1.807, 2.05) is 0 Å². The summed E-state index contributed by atoms with van der Waals surface area (Å²) >= 11 is 0. The summed E-state index contributed by atoms with van der Waals surface area (Å²) in [6.07, 6.45) is 3.38. The Hall–Kier alpha value is -1.44. The summed E-state index contributed by atoms with van der Waals surface area (Å²) in [5.74, 6) is 0.0187. The molecule has 22 heavy (non-hydrogen) atoms. The normalized spacial score (nSPS) is 11.4. The topological polar surface area (TPSA) is 101 Å². The average Bonchev–Trinajstić information content (AvgIpc) is 2.46. The van der Waals surface area contributed by atoms with Crippen molar-refractivity contribution in [1.82, 2.24) is 10.6 Å². The lowest BCUT2D eigenvalue weighted by molar-refractivity contribution is -0.120. The van der Waals surface area contributed by atoms with Gasteiger partial charge in [-0.15, -0.1) is 0 Å². The van der Waals surface area contributed by atoms with Crippen LogP contribution < -0.4 is 15.8 Å². The number of carbonyl (C=O) groups excluding carboxylic acids is 1. The van der Waals surface area contributed by atoms with E-state index in [0.29, 0.717) is 25.9 Å². The van der Waals surface area contributed by atoms with E-state index in [4.69, 9.17) is 5.14 Å². The molecule has 0 saturated heterocycles. The first-order valence-electron chi connectivity index (χ1n) is 7.52. The van der Waals surface area contributed by atoms with Crippen LogP contribution in [0.1, 0.15) is 31.7 Å². The highest BCUT2D eigenvalue weighted by Gasteiger charge is 2.06. The van der Waals surface area contributed by atoms with Gasteiger partial charge < -0.3 is 10.6 Å². The molecule has 6 nitrogen and oxygen atoms in total. The number of sulfonamides is 1. The van der Waals surface area contributed by atoms with E-state index in [1.165, 1.54) is 12.1 Å². The summed E-state index contributed by atoms with van der Waals surface area (Å²) in [6.45, 7) is 4.29. The molecule has 0 radical (unpaired) electrons. The largest absolute Gasteiger partial charge is 0.356 e. The standard InChI is InChI=1S/C15H25N3O3S/c1-2-3-10-17-11-9-15(19)18-12-8-13-4-6-14(7-5-13)22(16,20)21/h4-7,17H,2-3,8-12H2,1H3,(H,18,19)(H2,16,20,21). The highest BCUT2D eigenvalue weighted by Crippen LogP contribution is 2.08. The van der Waals surface area contributed by atoms with Crippen molar-refractivity contribution < 1.29 is 13.2 Å². The van der Waals surface area contributed by atoms with E-state index in [2.05, 4.69) is 17.6 Å². The predicted octanol–water partition coefficient (Wildman–Crippen LogP) is 0.773. The molecular formula is C15H25N3O3S. The van der Waals surface area contributed by atoms with Gasteiger partial charge in [0.15, 0.2) is 0 Å². The molecule has 1 amide bonds. The van der Waals surface area contributed by atoms with Gasteiger partial charge in [0.2, 0.25) is 15.9 Å². The van der Waals surface area contributed by atoms with E-state index in [-0.39, 0.29) is 10.8 Å². The molecule has 0 aliphatic carbocycles. The fraction of sp³-hybridized carbons (Fsp3) is 0.533. The van der Waals surface area contributed by atoms with Gasteiger partial charge in [-0.25, -0.2) is 13.6 Å². The average molecular weight is 327 g/mol. The number of amides is 1. The van der Waals surface area contributed by atoms with Crippen LogP contribution in [0.4, 0.5) is 0 Å². The number of hydrogen-bond acceptors (Lipinski definition) is 4. The van der Waals surface area contributed by atoms with Crippen molar-refractivity contribution in [1.29, 1.82) is 0 Å². The maximum atomic E-state index is 11.6. The van der Waals surface area contributed by atoms with Crippen molar-refractivity contribution in [3.8, 4) is 0 Å². The van der Waals surface area contributed by atoms with Crippen LogP contribution in [-0.4, -0.2) is 34.0 Å². The second-order valence-corrected chi connectivity index (χ2v) is 6.70. The van der Waals surface area contributed by atoms with Gasteiger partial charge in [-0.2, -0.15) is 0 Å². The molecule has 124 valence electrons. The maximum Gasteiger partial charge on any atom is 0.238 e. The first-order chi connectivity index (χ1) is 10.4. The Balaban J connectivity index is 2.22. The number of benzene rings is 1. The fourth-order valence-corrected chi connectivity index (χ4v) is 2.42. The van der Waals surface area contributed by atoms with E-state index < -0.39 is 10.0 Å². The van der Waals surface area contributed by atoms with Gasteiger partial charge >= 0.3 is 0 Å². The van der Waals surface area contributed by atoms with Crippen molar-refractivity contribution in [3.05, 3.63) is 29.8 Å². The molecule has 1 aromatic carbocycles. The molecule has 0 aliphatic heterocycles. The van der Waals surface area contributed by atoms with Crippen molar-refractivity contribution in [2.24, 2.45) is 5.14 Å². The van der Waals surface area contributed by atoms with Gasteiger partial charge in [-0.05, 0) is 37.1 Å². The number of primary sulfonamides is 1. The molecule has 0 atom stereocenters. The molecule has 0 spiro atoms. The van der Waals surface area contributed by atoms with Gasteiger partial charge in [-0.1, -0.05) is 25.5 Å². The lowest BCUT2D eigenvalue weighted by atomic mass is 10.1. The number of nitrogens with two attached hydrogens (primary N) is 1. The minimum Gasteiger partial charge on any atom is -0.356 e.